The maximum atomic E-state index is 12.1. The normalized spacial score (nSPS) is 10.4. The van der Waals surface area contributed by atoms with E-state index in [1.165, 1.54) is 0 Å². The molecule has 0 heterocycles. The molecule has 5 nitrogen and oxygen atoms in total. The first-order chi connectivity index (χ1) is 11.0. The number of carbonyl (C=O) groups is 2. The lowest BCUT2D eigenvalue weighted by molar-refractivity contribution is -0.117. The fraction of sp³-hybridized carbons (Fsp3) is 0.333. The van der Waals surface area contributed by atoms with Crippen molar-refractivity contribution in [3.8, 4) is 0 Å². The molecule has 1 aromatic rings. The Hall–Kier alpha value is -2.40. The van der Waals surface area contributed by atoms with E-state index in [1.807, 2.05) is 18.7 Å². The first-order valence-electron chi connectivity index (χ1n) is 7.61. The van der Waals surface area contributed by atoms with Gasteiger partial charge in [-0.3, -0.25) is 14.5 Å². The summed E-state index contributed by atoms with van der Waals surface area (Å²) in [6, 6.07) is 6.95. The van der Waals surface area contributed by atoms with Crippen LogP contribution in [0.5, 0.6) is 0 Å². The zero-order chi connectivity index (χ0) is 17.2. The third-order valence-corrected chi connectivity index (χ3v) is 2.97. The Morgan fingerprint density at radius 1 is 1.22 bits per heavy atom. The lowest BCUT2D eigenvalue weighted by atomic mass is 10.1. The van der Waals surface area contributed by atoms with E-state index in [4.69, 9.17) is 0 Å². The molecule has 0 fully saturated rings. The number of rotatable bonds is 9. The summed E-state index contributed by atoms with van der Waals surface area (Å²) in [4.78, 5) is 26.0. The van der Waals surface area contributed by atoms with E-state index in [-0.39, 0.29) is 24.4 Å². The molecule has 124 valence electrons. The van der Waals surface area contributed by atoms with Crippen LogP contribution in [-0.4, -0.2) is 42.4 Å². The minimum absolute atomic E-state index is 0.0621. The number of nitrogens with zero attached hydrogens (tertiary/aromatic N) is 1. The summed E-state index contributed by atoms with van der Waals surface area (Å²) in [7, 11) is 0. The van der Waals surface area contributed by atoms with Crippen molar-refractivity contribution in [3.63, 3.8) is 0 Å². The van der Waals surface area contributed by atoms with Gasteiger partial charge in [0, 0.05) is 30.4 Å². The molecule has 0 aliphatic heterocycles. The quantitative estimate of drug-likeness (QED) is 0.688. The molecule has 0 spiro atoms. The molecule has 0 aliphatic carbocycles. The summed E-state index contributed by atoms with van der Waals surface area (Å²) >= 11 is 0. The second-order valence-electron chi connectivity index (χ2n) is 5.53. The van der Waals surface area contributed by atoms with Crippen LogP contribution in [0.15, 0.2) is 49.6 Å². The first-order valence-corrected chi connectivity index (χ1v) is 7.61. The van der Waals surface area contributed by atoms with E-state index in [1.54, 1.807) is 36.4 Å². The molecule has 1 aromatic carbocycles. The smallest absolute Gasteiger partial charge is 0.251 e. The van der Waals surface area contributed by atoms with Crippen molar-refractivity contribution in [2.24, 2.45) is 0 Å². The monoisotopic (exact) mass is 315 g/mol. The van der Waals surface area contributed by atoms with Crippen molar-refractivity contribution >= 4 is 17.5 Å². The number of nitrogens with one attached hydrogen (secondary N) is 2. The summed E-state index contributed by atoms with van der Waals surface area (Å²) < 4.78 is 0. The highest BCUT2D eigenvalue weighted by Gasteiger charge is 2.11. The number of amides is 2. The summed E-state index contributed by atoms with van der Waals surface area (Å²) in [5.74, 6) is -0.300. The highest BCUT2D eigenvalue weighted by Crippen LogP contribution is 2.11. The summed E-state index contributed by atoms with van der Waals surface area (Å²) in [5.41, 5.74) is 1.12. The largest absolute Gasteiger partial charge is 0.350 e. The van der Waals surface area contributed by atoms with Gasteiger partial charge >= 0.3 is 0 Å². The summed E-state index contributed by atoms with van der Waals surface area (Å²) in [6.07, 6.45) is 3.49. The summed E-state index contributed by atoms with van der Waals surface area (Å²) in [5, 5.41) is 5.63. The average molecular weight is 315 g/mol. The minimum Gasteiger partial charge on any atom is -0.350 e. The van der Waals surface area contributed by atoms with Crippen molar-refractivity contribution < 1.29 is 9.59 Å². The van der Waals surface area contributed by atoms with Crippen molar-refractivity contribution in [1.29, 1.82) is 0 Å². The third-order valence-electron chi connectivity index (χ3n) is 2.97. The zero-order valence-electron chi connectivity index (χ0n) is 13.8. The molecule has 0 saturated carbocycles. The van der Waals surface area contributed by atoms with Crippen LogP contribution in [0.4, 0.5) is 5.69 Å². The van der Waals surface area contributed by atoms with Crippen LogP contribution in [0.1, 0.15) is 24.2 Å². The van der Waals surface area contributed by atoms with E-state index >= 15 is 0 Å². The van der Waals surface area contributed by atoms with Crippen LogP contribution in [0, 0.1) is 0 Å². The molecular formula is C18H25N3O2. The molecule has 0 aliphatic rings. The van der Waals surface area contributed by atoms with Crippen molar-refractivity contribution in [3.05, 3.63) is 55.1 Å². The molecule has 0 unspecified atom stereocenters. The highest BCUT2D eigenvalue weighted by atomic mass is 16.2. The van der Waals surface area contributed by atoms with Gasteiger partial charge in [0.05, 0.1) is 6.54 Å². The van der Waals surface area contributed by atoms with Crippen molar-refractivity contribution in [2.75, 3.05) is 25.0 Å². The van der Waals surface area contributed by atoms with E-state index in [9.17, 15) is 9.59 Å². The van der Waals surface area contributed by atoms with Gasteiger partial charge in [0.25, 0.3) is 5.91 Å². The molecule has 23 heavy (non-hydrogen) atoms. The van der Waals surface area contributed by atoms with Crippen LogP contribution < -0.4 is 10.6 Å². The second-order valence-corrected chi connectivity index (χ2v) is 5.53. The molecule has 0 bridgehead atoms. The molecule has 0 atom stereocenters. The number of hydrogen-bond donors (Lipinski definition) is 2. The number of carbonyl (C=O) groups excluding carboxylic acids is 2. The maximum Gasteiger partial charge on any atom is 0.251 e. The molecule has 1 rings (SSSR count). The van der Waals surface area contributed by atoms with Crippen LogP contribution >= 0.6 is 0 Å². The van der Waals surface area contributed by atoms with Crippen LogP contribution in [0.3, 0.4) is 0 Å². The number of hydrogen-bond acceptors (Lipinski definition) is 3. The van der Waals surface area contributed by atoms with Gasteiger partial charge in [0.2, 0.25) is 5.91 Å². The van der Waals surface area contributed by atoms with Gasteiger partial charge in [0.1, 0.15) is 0 Å². The van der Waals surface area contributed by atoms with Gasteiger partial charge in [-0.25, -0.2) is 0 Å². The zero-order valence-corrected chi connectivity index (χ0v) is 13.8. The standard InChI is InChI=1S/C18H25N3O2/c1-5-10-21(11-6-2)13-17(22)20-16-9-7-8-15(12-16)18(23)19-14(3)4/h5-9,12,14H,1-2,10-11,13H2,3-4H3,(H,19,23)(H,20,22). The van der Waals surface area contributed by atoms with Crippen molar-refractivity contribution in [1.82, 2.24) is 10.2 Å². The molecule has 2 N–H and O–H groups in total. The third kappa shape index (κ3) is 6.93. The predicted octanol–water partition coefficient (Wildman–Crippen LogP) is 2.44. The Labute approximate surface area is 138 Å². The molecule has 0 aromatic heterocycles. The van der Waals surface area contributed by atoms with Crippen LogP contribution in [-0.2, 0) is 4.79 Å². The predicted molar refractivity (Wildman–Crippen MR) is 94.5 cm³/mol. The molecule has 5 heteroatoms. The minimum atomic E-state index is -0.156. The van der Waals surface area contributed by atoms with E-state index in [0.717, 1.165) is 0 Å². The Morgan fingerprint density at radius 2 is 1.87 bits per heavy atom. The Morgan fingerprint density at radius 3 is 2.43 bits per heavy atom. The first kappa shape index (κ1) is 18.6. The Bertz CT molecular complexity index is 557. The topological polar surface area (TPSA) is 61.4 Å². The molecule has 0 radical (unpaired) electrons. The lowest BCUT2D eigenvalue weighted by Gasteiger charge is -2.18. The lowest BCUT2D eigenvalue weighted by Crippen LogP contribution is -2.33. The van der Waals surface area contributed by atoms with Crippen LogP contribution in [0.25, 0.3) is 0 Å². The molecule has 0 saturated heterocycles. The molecule has 2 amide bonds. The van der Waals surface area contributed by atoms with Gasteiger partial charge in [-0.15, -0.1) is 13.2 Å². The maximum absolute atomic E-state index is 12.1. The second kappa shape index (κ2) is 9.58. The van der Waals surface area contributed by atoms with Crippen molar-refractivity contribution in [2.45, 2.75) is 19.9 Å². The SMILES string of the molecule is C=CCN(CC=C)CC(=O)Nc1cccc(C(=O)NC(C)C)c1. The fourth-order valence-electron chi connectivity index (χ4n) is 2.06. The van der Waals surface area contributed by atoms with E-state index < -0.39 is 0 Å². The molecular weight excluding hydrogens is 290 g/mol. The fourth-order valence-corrected chi connectivity index (χ4v) is 2.06. The van der Waals surface area contributed by atoms with Gasteiger partial charge in [-0.1, -0.05) is 18.2 Å². The van der Waals surface area contributed by atoms with Gasteiger partial charge in [-0.05, 0) is 32.0 Å². The Balaban J connectivity index is 2.69. The van der Waals surface area contributed by atoms with Gasteiger partial charge in [-0.2, -0.15) is 0 Å². The summed E-state index contributed by atoms with van der Waals surface area (Å²) in [6.45, 7) is 12.6. The van der Waals surface area contributed by atoms with E-state index in [2.05, 4.69) is 23.8 Å². The average Bonchev–Trinajstić information content (AvgIpc) is 2.47. The van der Waals surface area contributed by atoms with Gasteiger partial charge < -0.3 is 10.6 Å². The number of anilines is 1. The van der Waals surface area contributed by atoms with E-state index in [0.29, 0.717) is 24.3 Å². The Kier molecular flexibility index (Phi) is 7.77. The van der Waals surface area contributed by atoms with Gasteiger partial charge in [0.15, 0.2) is 0 Å². The van der Waals surface area contributed by atoms with Crippen LogP contribution in [0.2, 0.25) is 0 Å². The highest BCUT2D eigenvalue weighted by molar-refractivity contribution is 5.97. The number of benzene rings is 1.